The predicted octanol–water partition coefficient (Wildman–Crippen LogP) is 0.465. The van der Waals surface area contributed by atoms with Crippen LogP contribution in [-0.2, 0) is 15.0 Å². The molecule has 1 fully saturated rings. The summed E-state index contributed by atoms with van der Waals surface area (Å²) < 4.78 is 26.9. The van der Waals surface area contributed by atoms with Crippen LogP contribution in [0, 0.1) is 0 Å². The number of carbonyl (C=O) groups is 1. The first-order chi connectivity index (χ1) is 8.41. The van der Waals surface area contributed by atoms with Crippen LogP contribution >= 0.6 is 11.8 Å². The van der Waals surface area contributed by atoms with Crippen LogP contribution in [0.15, 0.2) is 0 Å². The third-order valence-electron chi connectivity index (χ3n) is 3.04. The van der Waals surface area contributed by atoms with E-state index in [9.17, 15) is 13.2 Å². The maximum atomic E-state index is 12.3. The van der Waals surface area contributed by atoms with Gasteiger partial charge < -0.3 is 5.11 Å². The molecule has 0 amide bonds. The molecule has 0 aliphatic carbocycles. The lowest BCUT2D eigenvalue weighted by molar-refractivity contribution is -0.142. The van der Waals surface area contributed by atoms with Crippen LogP contribution < -0.4 is 0 Å². The number of aliphatic carboxylic acids is 1. The number of thioether (sulfide) groups is 1. The van der Waals surface area contributed by atoms with Crippen LogP contribution in [0.4, 0.5) is 0 Å². The number of nitrogens with zero attached hydrogens (tertiary/aromatic N) is 2. The maximum Gasteiger partial charge on any atom is 0.322 e. The highest BCUT2D eigenvalue weighted by atomic mass is 32.2. The molecule has 1 rings (SSSR count). The summed E-state index contributed by atoms with van der Waals surface area (Å²) in [6.07, 6.45) is 3.78. The van der Waals surface area contributed by atoms with Crippen molar-refractivity contribution < 1.29 is 18.3 Å². The van der Waals surface area contributed by atoms with Gasteiger partial charge in [0, 0.05) is 25.9 Å². The second kappa shape index (κ2) is 6.74. The van der Waals surface area contributed by atoms with Gasteiger partial charge in [0.2, 0.25) is 0 Å². The van der Waals surface area contributed by atoms with Crippen molar-refractivity contribution in [3.8, 4) is 0 Å². The van der Waals surface area contributed by atoms with E-state index in [0.717, 1.165) is 17.1 Å². The zero-order valence-corrected chi connectivity index (χ0v) is 12.3. The summed E-state index contributed by atoms with van der Waals surface area (Å²) in [5, 5.41) is 9.10. The zero-order valence-electron chi connectivity index (χ0n) is 10.7. The van der Waals surface area contributed by atoms with E-state index in [1.807, 2.05) is 6.26 Å². The Bertz CT molecular complexity index is 385. The van der Waals surface area contributed by atoms with Gasteiger partial charge in [-0.2, -0.15) is 28.8 Å². The van der Waals surface area contributed by atoms with Crippen molar-refractivity contribution in [3.63, 3.8) is 0 Å². The molecule has 0 aromatic carbocycles. The van der Waals surface area contributed by atoms with Gasteiger partial charge in [0.05, 0.1) is 0 Å². The monoisotopic (exact) mass is 296 g/mol. The van der Waals surface area contributed by atoms with Crippen molar-refractivity contribution in [3.05, 3.63) is 0 Å². The molecule has 0 aromatic heterocycles. The molecule has 8 heteroatoms. The Kier molecular flexibility index (Phi) is 5.90. The van der Waals surface area contributed by atoms with Gasteiger partial charge >= 0.3 is 5.97 Å². The summed E-state index contributed by atoms with van der Waals surface area (Å²) in [5.74, 6) is -0.363. The fourth-order valence-electron chi connectivity index (χ4n) is 1.94. The lowest BCUT2D eigenvalue weighted by atomic mass is 10.1. The molecular formula is C10H20N2O4S2. The molecule has 0 spiro atoms. The first-order valence-electron chi connectivity index (χ1n) is 5.86. The minimum atomic E-state index is -3.66. The van der Waals surface area contributed by atoms with E-state index in [2.05, 4.69) is 0 Å². The molecule has 1 unspecified atom stereocenters. The third-order valence-corrected chi connectivity index (χ3v) is 5.63. The van der Waals surface area contributed by atoms with Crippen LogP contribution in [0.25, 0.3) is 0 Å². The molecule has 0 bridgehead atoms. The van der Waals surface area contributed by atoms with E-state index in [-0.39, 0.29) is 0 Å². The van der Waals surface area contributed by atoms with Gasteiger partial charge in [-0.25, -0.2) is 0 Å². The van der Waals surface area contributed by atoms with Crippen LogP contribution in [0.2, 0.25) is 0 Å². The highest BCUT2D eigenvalue weighted by Gasteiger charge is 2.38. The molecule has 6 nitrogen and oxygen atoms in total. The third kappa shape index (κ3) is 3.59. The average molecular weight is 296 g/mol. The summed E-state index contributed by atoms with van der Waals surface area (Å²) in [7, 11) is -2.16. The predicted molar refractivity (Wildman–Crippen MR) is 71.9 cm³/mol. The molecule has 0 radical (unpaired) electrons. The van der Waals surface area contributed by atoms with E-state index < -0.39 is 22.2 Å². The van der Waals surface area contributed by atoms with Crippen LogP contribution in [-0.4, -0.2) is 66.3 Å². The second-order valence-corrected chi connectivity index (χ2v) is 7.26. The Labute approximate surface area is 113 Å². The summed E-state index contributed by atoms with van der Waals surface area (Å²) in [6.45, 7) is 0.690. The molecule has 1 N–H and O–H groups in total. The zero-order chi connectivity index (χ0) is 13.8. The molecule has 18 heavy (non-hydrogen) atoms. The molecule has 0 aromatic rings. The smallest absolute Gasteiger partial charge is 0.322 e. The Hall–Kier alpha value is -0.310. The summed E-state index contributed by atoms with van der Waals surface area (Å²) in [5.41, 5.74) is 0. The number of carboxylic acids is 1. The van der Waals surface area contributed by atoms with Crippen molar-refractivity contribution in [1.82, 2.24) is 8.61 Å². The minimum Gasteiger partial charge on any atom is -0.480 e. The van der Waals surface area contributed by atoms with E-state index in [4.69, 9.17) is 5.11 Å². The minimum absolute atomic E-state index is 0.295. The van der Waals surface area contributed by atoms with Gasteiger partial charge in [0.25, 0.3) is 10.2 Å². The molecule has 1 saturated heterocycles. The average Bonchev–Trinajstić information content (AvgIpc) is 2.35. The van der Waals surface area contributed by atoms with Gasteiger partial charge in [0.15, 0.2) is 0 Å². The van der Waals surface area contributed by atoms with E-state index in [0.29, 0.717) is 25.3 Å². The van der Waals surface area contributed by atoms with Gasteiger partial charge in [0.1, 0.15) is 6.04 Å². The van der Waals surface area contributed by atoms with Gasteiger partial charge in [-0.3, -0.25) is 4.79 Å². The van der Waals surface area contributed by atoms with E-state index in [1.165, 1.54) is 11.4 Å². The lowest BCUT2D eigenvalue weighted by Crippen LogP contribution is -2.52. The first-order valence-corrected chi connectivity index (χ1v) is 8.65. The fraction of sp³-hybridized carbons (Fsp3) is 0.900. The second-order valence-electron chi connectivity index (χ2n) is 4.28. The van der Waals surface area contributed by atoms with Crippen molar-refractivity contribution in [2.45, 2.75) is 25.3 Å². The largest absolute Gasteiger partial charge is 0.480 e. The van der Waals surface area contributed by atoms with E-state index in [1.54, 1.807) is 11.8 Å². The highest BCUT2D eigenvalue weighted by Crippen LogP contribution is 2.22. The molecule has 1 heterocycles. The van der Waals surface area contributed by atoms with Crippen molar-refractivity contribution in [1.29, 1.82) is 0 Å². The van der Waals surface area contributed by atoms with Crippen LogP contribution in [0.5, 0.6) is 0 Å². The number of hydrogen-bond acceptors (Lipinski definition) is 4. The van der Waals surface area contributed by atoms with Gasteiger partial charge in [-0.1, -0.05) is 0 Å². The number of hydrogen-bond donors (Lipinski definition) is 1. The van der Waals surface area contributed by atoms with Crippen molar-refractivity contribution >= 4 is 27.9 Å². The summed E-state index contributed by atoms with van der Waals surface area (Å²) >= 11 is 1.56. The Morgan fingerprint density at radius 2 is 2.17 bits per heavy atom. The number of rotatable bonds is 6. The Morgan fingerprint density at radius 1 is 1.50 bits per heavy atom. The van der Waals surface area contributed by atoms with E-state index >= 15 is 0 Å². The maximum absolute atomic E-state index is 12.3. The number of carboxylic acid groups (broad SMARTS) is 1. The number of piperidine rings is 1. The normalized spacial score (nSPS) is 22.3. The fourth-order valence-corrected chi connectivity index (χ4v) is 4.07. The molecule has 106 valence electrons. The lowest BCUT2D eigenvalue weighted by Gasteiger charge is -2.34. The molecule has 1 aliphatic heterocycles. The quantitative estimate of drug-likeness (QED) is 0.770. The Morgan fingerprint density at radius 3 is 2.72 bits per heavy atom. The van der Waals surface area contributed by atoms with Gasteiger partial charge in [-0.05, 0) is 25.5 Å². The first kappa shape index (κ1) is 15.7. The molecular weight excluding hydrogens is 276 g/mol. The standard InChI is InChI=1S/C10H20N2O4S2/c1-11(7-8-17-2)18(15,16)12-6-4-3-5-9(12)10(13)14/h9H,3-8H2,1-2H3,(H,13,14). The Balaban J connectivity index is 2.83. The summed E-state index contributed by atoms with van der Waals surface area (Å²) in [4.78, 5) is 11.1. The summed E-state index contributed by atoms with van der Waals surface area (Å²) in [6, 6.07) is -0.916. The van der Waals surface area contributed by atoms with Crippen molar-refractivity contribution in [2.24, 2.45) is 0 Å². The van der Waals surface area contributed by atoms with Gasteiger partial charge in [-0.15, -0.1) is 0 Å². The molecule has 1 atom stereocenters. The molecule has 0 saturated carbocycles. The topological polar surface area (TPSA) is 77.9 Å². The van der Waals surface area contributed by atoms with Crippen LogP contribution in [0.1, 0.15) is 19.3 Å². The van der Waals surface area contributed by atoms with Crippen LogP contribution in [0.3, 0.4) is 0 Å². The molecule has 1 aliphatic rings. The SMILES string of the molecule is CSCCN(C)S(=O)(=O)N1CCCCC1C(=O)O. The highest BCUT2D eigenvalue weighted by molar-refractivity contribution is 7.98. The van der Waals surface area contributed by atoms with Crippen molar-refractivity contribution in [2.75, 3.05) is 32.1 Å².